The molecule has 18 nitrogen and oxygen atoms in total. The van der Waals surface area contributed by atoms with Crippen molar-refractivity contribution in [2.45, 2.75) is 187 Å². The lowest BCUT2D eigenvalue weighted by atomic mass is 9.97. The third kappa shape index (κ3) is 81.4. The molecule has 0 heterocycles. The SMILES string of the molecule is BrCc1ccc(CBr)cc1.BrCc1ccccc1-c1ccccc1CBr.C.C.C.C=Cc1ccc(C=C)cc1.C=Cc1ccc(CCl)cc1.C[SiH2]C.C[SiH](C)O[SiH](C)C.C[SiH](C)O[Si](C)(C)O[SiH](C)C.C[Si](C)(Cl)O[Si](C)(C)O[Si](C)(C)Cl.NCC(=O)O.O=C(O)CC(=O)O.OCc1ccc(CO)cc1.Oc1cccc(OCCOc2cccc(O)c2)c1.c1ccc([SiH2]c2ccccc2)cc1. The van der Waals surface area contributed by atoms with Gasteiger partial charge in [-0.15, -0.1) is 33.8 Å². The Kier molecular flexibility index (Phi) is 87.1. The number of hydrogen-bond donors (Lipinski definition) is 8. The molecule has 10 aromatic carbocycles. The Morgan fingerprint density at radius 3 is 0.926 bits per heavy atom. The number of rotatable bonds is 31. The predicted octanol–water partition coefficient (Wildman–Crippen LogP) is 25.7. The van der Waals surface area contributed by atoms with Gasteiger partial charge in [-0.2, -0.15) is 0 Å². The van der Waals surface area contributed by atoms with Crippen molar-refractivity contribution in [3.8, 4) is 34.1 Å². The van der Waals surface area contributed by atoms with Gasteiger partial charge in [-0.05, 0) is 196 Å². The lowest BCUT2D eigenvalue weighted by molar-refractivity contribution is -0.147. The Morgan fingerprint density at radius 2 is 0.699 bits per heavy atom. The molecule has 35 heteroatoms. The van der Waals surface area contributed by atoms with Crippen molar-refractivity contribution in [2.24, 2.45) is 5.73 Å². The molecule has 0 saturated heterocycles. The number of alkyl halides is 5. The Bertz CT molecular complexity index is 4400. The van der Waals surface area contributed by atoms with Gasteiger partial charge < -0.3 is 71.5 Å². The maximum Gasteiger partial charge on any atom is 0.317 e. The van der Waals surface area contributed by atoms with Gasteiger partial charge in [0.05, 0.1) is 29.3 Å². The van der Waals surface area contributed by atoms with Gasteiger partial charge in [0.15, 0.2) is 36.2 Å². The van der Waals surface area contributed by atoms with Crippen molar-refractivity contribution >= 4 is 232 Å². The van der Waals surface area contributed by atoms with Crippen LogP contribution in [0.25, 0.3) is 29.4 Å². The molecule has 0 bridgehead atoms. The number of aliphatic carboxylic acids is 3. The number of ether oxygens (including phenoxy) is 2. The average molecular weight is 2360 g/mol. The number of benzene rings is 10. The second-order valence-electron chi connectivity index (χ2n) is 31.4. The van der Waals surface area contributed by atoms with Crippen molar-refractivity contribution in [3.05, 3.63) is 330 Å². The van der Waals surface area contributed by atoms with Crippen molar-refractivity contribution in [1.82, 2.24) is 0 Å². The third-order valence-corrected chi connectivity index (χ3v) is 41.9. The molecule has 0 aliphatic carbocycles. The fraction of sp³-hybridized carbons (Fsp3) is 0.317. The molecule has 0 fully saturated rings. The number of carbonyl (C=O) groups is 3. The van der Waals surface area contributed by atoms with E-state index in [1.54, 1.807) is 60.7 Å². The average Bonchev–Trinajstić information content (AvgIpc) is 0.868. The van der Waals surface area contributed by atoms with E-state index in [9.17, 15) is 24.6 Å². The summed E-state index contributed by atoms with van der Waals surface area (Å²) in [5, 5.41) is 65.4. The molecule has 0 saturated carbocycles. The number of nitrogens with two attached hydrogens (primary N) is 1. The number of aromatic hydroxyl groups is 2. The Hall–Kier alpha value is -6.33. The van der Waals surface area contributed by atoms with E-state index in [0.717, 1.165) is 54.7 Å². The summed E-state index contributed by atoms with van der Waals surface area (Å²) in [5.74, 6) is -1.49. The van der Waals surface area contributed by atoms with E-state index in [2.05, 4.69) is 301 Å². The van der Waals surface area contributed by atoms with E-state index in [-0.39, 0.29) is 63.1 Å². The molecule has 756 valence electrons. The largest absolute Gasteiger partial charge is 0.508 e. The number of carboxylic acid groups (broad SMARTS) is 3. The summed E-state index contributed by atoms with van der Waals surface area (Å²) in [4.78, 5) is 28.1. The maximum absolute atomic E-state index is 9.43. The summed E-state index contributed by atoms with van der Waals surface area (Å²) in [5.41, 5.74) is 18.8. The highest BCUT2D eigenvalue weighted by atomic mass is 79.9. The van der Waals surface area contributed by atoms with Crippen molar-refractivity contribution < 1.29 is 80.2 Å². The standard InChI is InChI=1S/C14H12Br2.C14H14O4.C12H12Si.C10H10.C9H9Cl.C8H8Br2.C8H10O2.C6H18Cl2O2Si3.C6H20O2Si3.C4H14OSi2.C3H4O4.C2H5NO2.C2H8Si.3CH4/c15-9-11-5-1-3-7-13(11)14-8-4-2-6-12(14)10-16;15-11-3-1-5-13(9-11)17-7-8-18-14-6-2-4-12(16)10-14;1-3-7-11(8-4-1)13-12-9-5-2-6-10-12;1-3-9-5-7-10(4-2)8-6-9;1-2-8-3-5-9(7-10)6-4-8;2*9-5-7-1-2-8(6-10)4-3-7;1-11(2,7)9-13(5,6)10-12(3,4)8;1-9(2)7-11(5,6)8-10(3)4;1-6(2)5-7(3)4;4-2(5)1-3(6)7;3-1-2(4)5;1-3-2;;;/h1-8H,9-10H2;1-6,9-10,15-16H,7-8H2;1-10H,13H2;3-8H,1-2H2;2-6H,1,7H2;1-4H,5-6H2;1-4,9-10H,5-6H2;1-6H3;9-10H,1-6H3;6-7H,1-4H3;1H2,(H,4,5)(H,6,7);1,3H2,(H,4,5);3H2,1-2H3;3*1H4. The monoisotopic (exact) mass is 2360 g/mol. The minimum Gasteiger partial charge on any atom is -0.508 e. The summed E-state index contributed by atoms with van der Waals surface area (Å²) in [6.07, 6.45) is 4.66. The van der Waals surface area contributed by atoms with Crippen LogP contribution in [-0.2, 0) is 75.4 Å². The first-order valence-electron chi connectivity index (χ1n) is 43.2. The van der Waals surface area contributed by atoms with E-state index >= 15 is 0 Å². The molecule has 0 aliphatic rings. The number of phenols is 2. The zero-order chi connectivity index (χ0) is 101. The molecule has 10 rings (SSSR count). The molecule has 136 heavy (non-hydrogen) atoms. The van der Waals surface area contributed by atoms with Gasteiger partial charge in [0, 0.05) is 48.9 Å². The maximum atomic E-state index is 9.43. The minimum absolute atomic E-state index is 0. The van der Waals surface area contributed by atoms with Gasteiger partial charge in [0.2, 0.25) is 0 Å². The molecule has 0 amide bonds. The van der Waals surface area contributed by atoms with E-state index in [1.165, 1.54) is 55.9 Å². The Morgan fingerprint density at radius 1 is 0.412 bits per heavy atom. The van der Waals surface area contributed by atoms with Gasteiger partial charge >= 0.3 is 35.0 Å². The summed E-state index contributed by atoms with van der Waals surface area (Å²) in [7, 11) is -10.8. The van der Waals surface area contributed by atoms with Crippen LogP contribution >= 0.6 is 97.5 Å². The molecule has 0 aromatic heterocycles. The van der Waals surface area contributed by atoms with Crippen LogP contribution in [0, 0.1) is 0 Å². The highest BCUT2D eigenvalue weighted by Gasteiger charge is 2.38. The van der Waals surface area contributed by atoms with Crippen LogP contribution in [0.3, 0.4) is 0 Å². The van der Waals surface area contributed by atoms with Crippen molar-refractivity contribution in [1.29, 1.82) is 0 Å². The lowest BCUT2D eigenvalue weighted by Crippen LogP contribution is -2.48. The topological polar surface area (TPSA) is 283 Å². The van der Waals surface area contributed by atoms with Gasteiger partial charge in [-0.25, -0.2) is 0 Å². The molecular formula is C101H156Br4Cl3NO17Si10. The van der Waals surface area contributed by atoms with E-state index < -0.39 is 92.9 Å². The molecular weight excluding hydrogens is 2210 g/mol. The van der Waals surface area contributed by atoms with Crippen LogP contribution in [0.15, 0.2) is 275 Å². The quantitative estimate of drug-likeness (QED) is 0.00659. The first-order valence-corrected chi connectivity index (χ1v) is 77.0. The molecule has 0 radical (unpaired) electrons. The summed E-state index contributed by atoms with van der Waals surface area (Å²) in [6.45, 7) is 49.7. The summed E-state index contributed by atoms with van der Waals surface area (Å²) in [6, 6.07) is 83.5. The van der Waals surface area contributed by atoms with Crippen LogP contribution in [0.4, 0.5) is 0 Å². The van der Waals surface area contributed by atoms with Crippen LogP contribution in [0.2, 0.25) is 118 Å². The van der Waals surface area contributed by atoms with Gasteiger partial charge in [0.1, 0.15) is 42.6 Å². The summed E-state index contributed by atoms with van der Waals surface area (Å²) < 4.78 is 39.5. The number of hydrogen-bond acceptors (Lipinski definition) is 15. The fourth-order valence-corrected chi connectivity index (χ4v) is 41.5. The van der Waals surface area contributed by atoms with Gasteiger partial charge in [-0.1, -0.05) is 366 Å². The molecule has 0 spiro atoms. The first-order chi connectivity index (χ1) is 62.7. The number of carboxylic acids is 3. The number of halogens is 7. The molecule has 9 N–H and O–H groups in total. The first kappa shape index (κ1) is 140. The zero-order valence-electron chi connectivity index (χ0n) is 80.5. The third-order valence-electron chi connectivity index (χ3n) is 15.5. The fourth-order valence-electron chi connectivity index (χ4n) is 10.7. The van der Waals surface area contributed by atoms with E-state index in [1.807, 2.05) is 106 Å². The van der Waals surface area contributed by atoms with Crippen LogP contribution in [-0.4, -0.2) is 161 Å². The van der Waals surface area contributed by atoms with Crippen molar-refractivity contribution in [2.75, 3.05) is 19.8 Å². The molecule has 0 aliphatic heterocycles. The number of aliphatic hydroxyl groups excluding tert-OH is 2. The number of aliphatic hydroxyl groups is 2. The second kappa shape index (κ2) is 84.4. The van der Waals surface area contributed by atoms with Gasteiger partial charge in [0.25, 0.3) is 15.3 Å². The lowest BCUT2D eigenvalue weighted by Gasteiger charge is -2.33. The van der Waals surface area contributed by atoms with Crippen LogP contribution in [0.5, 0.6) is 23.0 Å². The predicted molar refractivity (Wildman–Crippen MR) is 627 cm³/mol. The van der Waals surface area contributed by atoms with Crippen LogP contribution in [0.1, 0.15) is 84.3 Å². The Labute approximate surface area is 880 Å². The molecule has 0 atom stereocenters. The van der Waals surface area contributed by atoms with Gasteiger partial charge in [-0.3, -0.25) is 14.4 Å². The van der Waals surface area contributed by atoms with Crippen molar-refractivity contribution in [3.63, 3.8) is 0 Å². The van der Waals surface area contributed by atoms with E-state index in [4.69, 9.17) is 89.3 Å². The molecule has 10 aromatic rings. The minimum atomic E-state index is -2.11. The smallest absolute Gasteiger partial charge is 0.317 e. The van der Waals surface area contributed by atoms with E-state index in [0.29, 0.717) is 40.1 Å². The Balaban J connectivity index is -0.000000341. The highest BCUT2D eigenvalue weighted by Crippen LogP contribution is 2.30. The zero-order valence-corrected chi connectivity index (χ0v) is 101. The number of phenolic OH excluding ortho intramolecular Hbond substituents is 2. The highest BCUT2D eigenvalue weighted by molar-refractivity contribution is 9.09. The van der Waals surface area contributed by atoms with Crippen LogP contribution < -0.4 is 25.6 Å². The summed E-state index contributed by atoms with van der Waals surface area (Å²) >= 11 is 31.6. The second-order valence-corrected chi connectivity index (χ2v) is 66.8. The molecule has 0 unspecified atom stereocenters. The normalized spacial score (nSPS) is 10.1.